The molecule has 0 atom stereocenters. The van der Waals surface area contributed by atoms with Gasteiger partial charge in [-0.1, -0.05) is 12.8 Å². The number of nitrogens with one attached hydrogen (secondary N) is 1. The first-order valence-corrected chi connectivity index (χ1v) is 7.20. The molecule has 1 aromatic carbocycles. The van der Waals surface area contributed by atoms with Crippen molar-refractivity contribution in [3.05, 3.63) is 22.2 Å². The SMILES string of the molecule is Cc1cc(Br)c2c(c1)NCC1(CCCC1)N2C. The Morgan fingerprint density at radius 3 is 2.71 bits per heavy atom. The molecule has 0 aromatic heterocycles. The van der Waals surface area contributed by atoms with Crippen LogP contribution in [-0.2, 0) is 0 Å². The quantitative estimate of drug-likeness (QED) is 0.780. The average Bonchev–Trinajstić information content (AvgIpc) is 2.73. The molecule has 0 amide bonds. The number of fused-ring (bicyclic) bond motifs is 1. The zero-order chi connectivity index (χ0) is 12.0. The number of hydrogen-bond acceptors (Lipinski definition) is 2. The van der Waals surface area contributed by atoms with Gasteiger partial charge in [-0.15, -0.1) is 0 Å². The Kier molecular flexibility index (Phi) is 2.62. The van der Waals surface area contributed by atoms with Crippen LogP contribution in [0.2, 0.25) is 0 Å². The monoisotopic (exact) mass is 294 g/mol. The Morgan fingerprint density at radius 1 is 1.29 bits per heavy atom. The molecule has 1 aliphatic heterocycles. The first kappa shape index (κ1) is 11.4. The van der Waals surface area contributed by atoms with Crippen LogP contribution in [0, 0.1) is 6.92 Å². The maximum Gasteiger partial charge on any atom is 0.0749 e. The predicted octanol–water partition coefficient (Wildman–Crippen LogP) is 3.93. The number of halogens is 1. The maximum absolute atomic E-state index is 3.72. The number of rotatable bonds is 0. The Morgan fingerprint density at radius 2 is 2.00 bits per heavy atom. The molecule has 1 fully saturated rings. The van der Waals surface area contributed by atoms with Crippen molar-refractivity contribution >= 4 is 27.3 Å². The fraction of sp³-hybridized carbons (Fsp3) is 0.571. The number of likely N-dealkylation sites (N-methyl/N-ethyl adjacent to an activating group) is 1. The summed E-state index contributed by atoms with van der Waals surface area (Å²) in [4.78, 5) is 2.51. The summed E-state index contributed by atoms with van der Waals surface area (Å²) in [6.07, 6.45) is 5.36. The van der Waals surface area contributed by atoms with Crippen molar-refractivity contribution in [2.75, 3.05) is 23.8 Å². The van der Waals surface area contributed by atoms with Gasteiger partial charge in [0.1, 0.15) is 0 Å². The smallest absolute Gasteiger partial charge is 0.0749 e. The lowest BCUT2D eigenvalue weighted by Crippen LogP contribution is -2.52. The highest BCUT2D eigenvalue weighted by molar-refractivity contribution is 9.10. The third-order valence-corrected chi connectivity index (χ3v) is 5.00. The second-order valence-electron chi connectivity index (χ2n) is 5.49. The van der Waals surface area contributed by atoms with Crippen molar-refractivity contribution in [3.63, 3.8) is 0 Å². The zero-order valence-electron chi connectivity index (χ0n) is 10.5. The molecule has 2 nitrogen and oxygen atoms in total. The van der Waals surface area contributed by atoms with Crippen LogP contribution in [0.15, 0.2) is 16.6 Å². The van der Waals surface area contributed by atoms with E-state index < -0.39 is 0 Å². The number of benzene rings is 1. The second-order valence-corrected chi connectivity index (χ2v) is 6.34. The fourth-order valence-corrected chi connectivity index (χ4v) is 4.21. The van der Waals surface area contributed by atoms with Gasteiger partial charge in [-0.2, -0.15) is 0 Å². The minimum atomic E-state index is 0.352. The molecular formula is C14H19BrN2. The third-order valence-electron chi connectivity index (χ3n) is 4.40. The summed E-state index contributed by atoms with van der Waals surface area (Å²) in [7, 11) is 2.26. The van der Waals surface area contributed by atoms with E-state index in [1.165, 1.54) is 47.1 Å². The summed E-state index contributed by atoms with van der Waals surface area (Å²) in [6, 6.07) is 4.46. The highest BCUT2D eigenvalue weighted by atomic mass is 79.9. The molecule has 0 unspecified atom stereocenters. The largest absolute Gasteiger partial charge is 0.381 e. The summed E-state index contributed by atoms with van der Waals surface area (Å²) in [5, 5.41) is 3.64. The molecule has 0 saturated heterocycles. The summed E-state index contributed by atoms with van der Waals surface area (Å²) in [5.74, 6) is 0. The highest BCUT2D eigenvalue weighted by Gasteiger charge is 2.41. The minimum Gasteiger partial charge on any atom is -0.381 e. The molecule has 0 bridgehead atoms. The van der Waals surface area contributed by atoms with Crippen molar-refractivity contribution in [2.45, 2.75) is 38.1 Å². The van der Waals surface area contributed by atoms with Gasteiger partial charge in [0.25, 0.3) is 0 Å². The van der Waals surface area contributed by atoms with E-state index in [9.17, 15) is 0 Å². The summed E-state index contributed by atoms with van der Waals surface area (Å²) < 4.78 is 1.22. The number of anilines is 2. The van der Waals surface area contributed by atoms with E-state index in [2.05, 4.69) is 52.3 Å². The molecule has 3 heteroatoms. The van der Waals surface area contributed by atoms with Gasteiger partial charge in [0.2, 0.25) is 0 Å². The van der Waals surface area contributed by atoms with Crippen molar-refractivity contribution < 1.29 is 0 Å². The van der Waals surface area contributed by atoms with Gasteiger partial charge in [-0.3, -0.25) is 0 Å². The van der Waals surface area contributed by atoms with Crippen LogP contribution >= 0.6 is 15.9 Å². The topological polar surface area (TPSA) is 15.3 Å². The maximum atomic E-state index is 3.72. The molecule has 2 aliphatic rings. The van der Waals surface area contributed by atoms with E-state index >= 15 is 0 Å². The van der Waals surface area contributed by atoms with E-state index in [4.69, 9.17) is 0 Å². The summed E-state index contributed by atoms with van der Waals surface area (Å²) in [5.41, 5.74) is 4.27. The molecule has 0 radical (unpaired) electrons. The highest BCUT2D eigenvalue weighted by Crippen LogP contribution is 2.46. The third kappa shape index (κ3) is 1.67. The van der Waals surface area contributed by atoms with Gasteiger partial charge < -0.3 is 10.2 Å². The van der Waals surface area contributed by atoms with E-state index in [1.54, 1.807) is 0 Å². The Labute approximate surface area is 112 Å². The minimum absolute atomic E-state index is 0.352. The lowest BCUT2D eigenvalue weighted by molar-refractivity contribution is 0.428. The fourth-order valence-electron chi connectivity index (χ4n) is 3.37. The molecule has 3 rings (SSSR count). The van der Waals surface area contributed by atoms with Gasteiger partial charge in [0.05, 0.1) is 16.9 Å². The molecule has 1 aliphatic carbocycles. The number of aryl methyl sites for hydroxylation is 1. The second kappa shape index (κ2) is 3.91. The molecule has 1 N–H and O–H groups in total. The molecule has 17 heavy (non-hydrogen) atoms. The summed E-state index contributed by atoms with van der Waals surface area (Å²) in [6.45, 7) is 3.24. The lowest BCUT2D eigenvalue weighted by atomic mass is 9.91. The van der Waals surface area contributed by atoms with Crippen LogP contribution in [0.5, 0.6) is 0 Å². The van der Waals surface area contributed by atoms with Crippen LogP contribution in [0.4, 0.5) is 11.4 Å². The van der Waals surface area contributed by atoms with Crippen molar-refractivity contribution in [1.29, 1.82) is 0 Å². The Hall–Kier alpha value is -0.700. The first-order chi connectivity index (χ1) is 8.12. The number of nitrogens with zero attached hydrogens (tertiary/aromatic N) is 1. The van der Waals surface area contributed by atoms with Crippen LogP contribution in [-0.4, -0.2) is 19.1 Å². The summed E-state index contributed by atoms with van der Waals surface area (Å²) >= 11 is 3.72. The van der Waals surface area contributed by atoms with Gasteiger partial charge in [-0.25, -0.2) is 0 Å². The molecule has 1 spiro atoms. The predicted molar refractivity (Wildman–Crippen MR) is 77.0 cm³/mol. The van der Waals surface area contributed by atoms with E-state index in [0.717, 1.165) is 6.54 Å². The molecule has 1 aromatic rings. The van der Waals surface area contributed by atoms with Gasteiger partial charge in [0.15, 0.2) is 0 Å². The van der Waals surface area contributed by atoms with Crippen molar-refractivity contribution in [3.8, 4) is 0 Å². The number of hydrogen-bond donors (Lipinski definition) is 1. The van der Waals surface area contributed by atoms with Crippen molar-refractivity contribution in [1.82, 2.24) is 0 Å². The van der Waals surface area contributed by atoms with Crippen LogP contribution in [0.3, 0.4) is 0 Å². The molecule has 1 saturated carbocycles. The lowest BCUT2D eigenvalue weighted by Gasteiger charge is -2.46. The van der Waals surface area contributed by atoms with E-state index in [1.807, 2.05) is 0 Å². The zero-order valence-corrected chi connectivity index (χ0v) is 12.1. The first-order valence-electron chi connectivity index (χ1n) is 6.40. The van der Waals surface area contributed by atoms with E-state index in [0.29, 0.717) is 5.54 Å². The van der Waals surface area contributed by atoms with Crippen molar-refractivity contribution in [2.24, 2.45) is 0 Å². The van der Waals surface area contributed by atoms with Gasteiger partial charge in [0, 0.05) is 18.1 Å². The molecule has 92 valence electrons. The average molecular weight is 295 g/mol. The van der Waals surface area contributed by atoms with Crippen LogP contribution in [0.1, 0.15) is 31.2 Å². The van der Waals surface area contributed by atoms with Gasteiger partial charge >= 0.3 is 0 Å². The Balaban J connectivity index is 2.08. The molecular weight excluding hydrogens is 276 g/mol. The molecule has 1 heterocycles. The van der Waals surface area contributed by atoms with Crippen LogP contribution < -0.4 is 10.2 Å². The van der Waals surface area contributed by atoms with Crippen LogP contribution in [0.25, 0.3) is 0 Å². The van der Waals surface area contributed by atoms with E-state index in [-0.39, 0.29) is 0 Å². The Bertz CT molecular complexity index is 450. The standard InChI is InChI=1S/C14H19BrN2/c1-10-7-11(15)13-12(8-10)16-9-14(17(13)2)5-3-4-6-14/h7-8,16H,3-6,9H2,1-2H3. The normalized spacial score (nSPS) is 21.5. The van der Waals surface area contributed by atoms with Gasteiger partial charge in [-0.05, 0) is 53.4 Å².